The highest BCUT2D eigenvalue weighted by Gasteiger charge is 2.29. The molecule has 0 saturated carbocycles. The number of rotatable bonds is 8. The first-order valence-corrected chi connectivity index (χ1v) is 10.5. The van der Waals surface area contributed by atoms with E-state index in [-0.39, 0.29) is 35.8 Å². The molecule has 0 spiro atoms. The maximum atomic E-state index is 12.6. The second-order valence-corrected chi connectivity index (χ2v) is 8.52. The zero-order chi connectivity index (χ0) is 19.2. The van der Waals surface area contributed by atoms with Gasteiger partial charge in [0.05, 0.1) is 11.4 Å². The van der Waals surface area contributed by atoms with Gasteiger partial charge in [0.2, 0.25) is 15.9 Å². The number of carbonyl (C=O) groups is 2. The van der Waals surface area contributed by atoms with Gasteiger partial charge >= 0.3 is 0 Å². The SMILES string of the molecule is CCCCCC(C)NC(=O)c1ccc(S(=O)(=O)N2CCNC(=O)C2)cc1. The molecular weight excluding hydrogens is 354 g/mol. The van der Waals surface area contributed by atoms with Crippen LogP contribution in [0.5, 0.6) is 0 Å². The minimum atomic E-state index is -3.73. The fraction of sp³-hybridized carbons (Fsp3) is 0.556. The highest BCUT2D eigenvalue weighted by molar-refractivity contribution is 7.89. The van der Waals surface area contributed by atoms with Crippen molar-refractivity contribution in [2.75, 3.05) is 19.6 Å². The third kappa shape index (κ3) is 5.28. The number of amides is 2. The van der Waals surface area contributed by atoms with E-state index in [1.54, 1.807) is 0 Å². The Balaban J connectivity index is 2.00. The summed E-state index contributed by atoms with van der Waals surface area (Å²) < 4.78 is 26.3. The molecule has 1 aliphatic heterocycles. The smallest absolute Gasteiger partial charge is 0.251 e. The Morgan fingerprint density at radius 1 is 1.27 bits per heavy atom. The minimum absolute atomic E-state index is 0.0734. The van der Waals surface area contributed by atoms with Crippen LogP contribution in [0.25, 0.3) is 0 Å². The lowest BCUT2D eigenvalue weighted by Crippen LogP contribution is -2.49. The van der Waals surface area contributed by atoms with Gasteiger partial charge in [0.1, 0.15) is 0 Å². The highest BCUT2D eigenvalue weighted by Crippen LogP contribution is 2.17. The summed E-state index contributed by atoms with van der Waals surface area (Å²) >= 11 is 0. The number of nitrogens with zero attached hydrogens (tertiary/aromatic N) is 1. The molecule has 144 valence electrons. The number of nitrogens with one attached hydrogen (secondary N) is 2. The highest BCUT2D eigenvalue weighted by atomic mass is 32.2. The standard InChI is InChI=1S/C18H27N3O4S/c1-3-4-5-6-14(2)20-18(23)15-7-9-16(10-8-15)26(24,25)21-12-11-19-17(22)13-21/h7-10,14H,3-6,11-13H2,1-2H3,(H,19,22)(H,20,23). The normalized spacial score (nSPS) is 16.8. The van der Waals surface area contributed by atoms with Gasteiger partial charge in [-0.1, -0.05) is 26.2 Å². The molecule has 2 N–H and O–H groups in total. The molecule has 1 aromatic rings. The molecule has 2 amide bonds. The summed E-state index contributed by atoms with van der Waals surface area (Å²) in [6, 6.07) is 5.91. The number of unbranched alkanes of at least 4 members (excludes halogenated alkanes) is 2. The van der Waals surface area contributed by atoms with E-state index in [1.807, 2.05) is 6.92 Å². The summed E-state index contributed by atoms with van der Waals surface area (Å²) in [5.41, 5.74) is 0.419. The van der Waals surface area contributed by atoms with Gasteiger partial charge in [-0.15, -0.1) is 0 Å². The van der Waals surface area contributed by atoms with E-state index in [0.29, 0.717) is 12.1 Å². The Morgan fingerprint density at radius 3 is 2.58 bits per heavy atom. The van der Waals surface area contributed by atoms with Crippen LogP contribution >= 0.6 is 0 Å². The molecule has 1 fully saturated rings. The van der Waals surface area contributed by atoms with E-state index in [4.69, 9.17) is 0 Å². The fourth-order valence-corrected chi connectivity index (χ4v) is 4.22. The molecular formula is C18H27N3O4S. The molecule has 1 aliphatic rings. The molecule has 0 radical (unpaired) electrons. The first kappa shape index (κ1) is 20.4. The summed E-state index contributed by atoms with van der Waals surface area (Å²) in [6.07, 6.45) is 4.26. The molecule has 1 unspecified atom stereocenters. The topological polar surface area (TPSA) is 95.6 Å². The molecule has 0 aliphatic carbocycles. The van der Waals surface area contributed by atoms with Crippen LogP contribution in [0.2, 0.25) is 0 Å². The Bertz CT molecular complexity index is 731. The second kappa shape index (κ2) is 9.14. The first-order valence-electron chi connectivity index (χ1n) is 9.02. The van der Waals surface area contributed by atoms with Crippen molar-refractivity contribution in [3.8, 4) is 0 Å². The summed E-state index contributed by atoms with van der Waals surface area (Å²) in [5, 5.41) is 5.53. The van der Waals surface area contributed by atoms with Crippen molar-refractivity contribution in [1.82, 2.24) is 14.9 Å². The number of piperazine rings is 1. The largest absolute Gasteiger partial charge is 0.354 e. The van der Waals surface area contributed by atoms with Crippen LogP contribution in [-0.4, -0.2) is 50.2 Å². The number of sulfonamides is 1. The number of carbonyl (C=O) groups excluding carboxylic acids is 2. The van der Waals surface area contributed by atoms with Gasteiger partial charge < -0.3 is 10.6 Å². The van der Waals surface area contributed by atoms with Gasteiger partial charge in [-0.3, -0.25) is 9.59 Å². The Morgan fingerprint density at radius 2 is 1.96 bits per heavy atom. The van der Waals surface area contributed by atoms with Crippen LogP contribution < -0.4 is 10.6 Å². The lowest BCUT2D eigenvalue weighted by molar-refractivity contribution is -0.122. The zero-order valence-corrected chi connectivity index (χ0v) is 16.1. The maximum Gasteiger partial charge on any atom is 0.251 e. The van der Waals surface area contributed by atoms with E-state index in [1.165, 1.54) is 24.3 Å². The molecule has 8 heteroatoms. The van der Waals surface area contributed by atoms with Crippen molar-refractivity contribution < 1.29 is 18.0 Å². The molecule has 1 atom stereocenters. The Hall–Kier alpha value is -1.93. The molecule has 0 aromatic heterocycles. The molecule has 1 heterocycles. The van der Waals surface area contributed by atoms with Crippen LogP contribution in [0, 0.1) is 0 Å². The van der Waals surface area contributed by atoms with Crippen molar-refractivity contribution in [2.24, 2.45) is 0 Å². The third-order valence-corrected chi connectivity index (χ3v) is 6.24. The van der Waals surface area contributed by atoms with E-state index in [9.17, 15) is 18.0 Å². The van der Waals surface area contributed by atoms with Crippen molar-refractivity contribution in [3.63, 3.8) is 0 Å². The third-order valence-electron chi connectivity index (χ3n) is 4.38. The van der Waals surface area contributed by atoms with Gasteiger partial charge in [-0.05, 0) is 37.6 Å². The lowest BCUT2D eigenvalue weighted by atomic mass is 10.1. The average molecular weight is 381 g/mol. The van der Waals surface area contributed by atoms with Gasteiger partial charge in [0.25, 0.3) is 5.91 Å². The van der Waals surface area contributed by atoms with E-state index >= 15 is 0 Å². The first-order chi connectivity index (χ1) is 12.3. The van der Waals surface area contributed by atoms with Crippen LogP contribution in [-0.2, 0) is 14.8 Å². The van der Waals surface area contributed by atoms with E-state index < -0.39 is 10.0 Å². The Kier molecular flexibility index (Phi) is 7.16. The van der Waals surface area contributed by atoms with Crippen molar-refractivity contribution in [1.29, 1.82) is 0 Å². The quantitative estimate of drug-likeness (QED) is 0.667. The molecule has 26 heavy (non-hydrogen) atoms. The predicted octanol–water partition coefficient (Wildman–Crippen LogP) is 1.51. The minimum Gasteiger partial charge on any atom is -0.354 e. The van der Waals surface area contributed by atoms with Crippen LogP contribution in [0.15, 0.2) is 29.2 Å². The van der Waals surface area contributed by atoms with E-state index in [0.717, 1.165) is 30.0 Å². The molecule has 1 aromatic carbocycles. The molecule has 1 saturated heterocycles. The summed E-state index contributed by atoms with van der Waals surface area (Å²) in [4.78, 5) is 23.8. The van der Waals surface area contributed by atoms with Crippen LogP contribution in [0.1, 0.15) is 49.9 Å². The van der Waals surface area contributed by atoms with Crippen molar-refractivity contribution in [2.45, 2.75) is 50.5 Å². The van der Waals surface area contributed by atoms with Gasteiger partial charge in [0, 0.05) is 24.7 Å². The van der Waals surface area contributed by atoms with Crippen LogP contribution in [0.3, 0.4) is 0 Å². The number of benzene rings is 1. The lowest BCUT2D eigenvalue weighted by Gasteiger charge is -2.25. The van der Waals surface area contributed by atoms with E-state index in [2.05, 4.69) is 17.6 Å². The summed E-state index contributed by atoms with van der Waals surface area (Å²) in [7, 11) is -3.73. The molecule has 2 rings (SSSR count). The summed E-state index contributed by atoms with van der Waals surface area (Å²) in [5.74, 6) is -0.525. The van der Waals surface area contributed by atoms with Crippen molar-refractivity contribution in [3.05, 3.63) is 29.8 Å². The fourth-order valence-electron chi connectivity index (χ4n) is 2.83. The Labute approximate surface area is 155 Å². The van der Waals surface area contributed by atoms with Crippen molar-refractivity contribution >= 4 is 21.8 Å². The number of hydrogen-bond acceptors (Lipinski definition) is 4. The average Bonchev–Trinajstić information content (AvgIpc) is 2.62. The molecule has 7 nitrogen and oxygen atoms in total. The van der Waals surface area contributed by atoms with Gasteiger partial charge in [-0.25, -0.2) is 8.42 Å². The number of hydrogen-bond donors (Lipinski definition) is 2. The predicted molar refractivity (Wildman–Crippen MR) is 99.3 cm³/mol. The second-order valence-electron chi connectivity index (χ2n) is 6.58. The van der Waals surface area contributed by atoms with Gasteiger partial charge in [0.15, 0.2) is 0 Å². The monoisotopic (exact) mass is 381 g/mol. The van der Waals surface area contributed by atoms with Gasteiger partial charge in [-0.2, -0.15) is 4.31 Å². The molecule has 0 bridgehead atoms. The maximum absolute atomic E-state index is 12.6. The van der Waals surface area contributed by atoms with Crippen LogP contribution in [0.4, 0.5) is 0 Å². The summed E-state index contributed by atoms with van der Waals surface area (Å²) in [6.45, 7) is 4.46. The zero-order valence-electron chi connectivity index (χ0n) is 15.3.